The second kappa shape index (κ2) is 8.29. The second-order valence-corrected chi connectivity index (χ2v) is 4.56. The van der Waals surface area contributed by atoms with Gasteiger partial charge in [-0.2, -0.15) is 0 Å². The van der Waals surface area contributed by atoms with Crippen LogP contribution in [0.2, 0.25) is 0 Å². The lowest BCUT2D eigenvalue weighted by Gasteiger charge is -2.10. The van der Waals surface area contributed by atoms with E-state index >= 15 is 0 Å². The number of hydrogen-bond acceptors (Lipinski definition) is 2. The first-order valence-electron chi connectivity index (χ1n) is 6.73. The van der Waals surface area contributed by atoms with Crippen molar-refractivity contribution in [3.63, 3.8) is 0 Å². The van der Waals surface area contributed by atoms with Crippen LogP contribution in [0, 0.1) is 0 Å². The Morgan fingerprint density at radius 2 is 1.89 bits per heavy atom. The number of unbranched alkanes of at least 4 members (excludes halogenated alkanes) is 2. The minimum absolute atomic E-state index is 0.00350. The van der Waals surface area contributed by atoms with Crippen molar-refractivity contribution in [2.45, 2.75) is 45.4 Å². The molecule has 1 rings (SSSR count). The Bertz CT molecular complexity index is 429. The van der Waals surface area contributed by atoms with Gasteiger partial charge in [-0.15, -0.1) is 0 Å². The predicted octanol–water partition coefficient (Wildman–Crippen LogP) is 3.22. The molecule has 0 saturated heterocycles. The number of amides is 1. The third kappa shape index (κ3) is 6.04. The van der Waals surface area contributed by atoms with E-state index < -0.39 is 5.97 Å². The maximum Gasteiger partial charge on any atom is 0.303 e. The van der Waals surface area contributed by atoms with Crippen LogP contribution in [0.25, 0.3) is 0 Å². The number of rotatable bonds is 8. The minimum Gasteiger partial charge on any atom is -0.481 e. The number of carboxylic acid groups (broad SMARTS) is 1. The molecule has 0 bridgehead atoms. The number of para-hydroxylation sites is 1. The van der Waals surface area contributed by atoms with Crippen LogP contribution in [-0.4, -0.2) is 17.0 Å². The number of nitrogens with one attached hydrogen (secondary N) is 1. The summed E-state index contributed by atoms with van der Waals surface area (Å²) >= 11 is 0. The molecule has 2 N–H and O–H groups in total. The Morgan fingerprint density at radius 3 is 2.58 bits per heavy atom. The fraction of sp³-hybridized carbons (Fsp3) is 0.467. The summed E-state index contributed by atoms with van der Waals surface area (Å²) in [6, 6.07) is 7.36. The van der Waals surface area contributed by atoms with Crippen LogP contribution in [0.1, 0.15) is 44.6 Å². The van der Waals surface area contributed by atoms with Crippen molar-refractivity contribution in [2.75, 3.05) is 5.32 Å². The molecule has 104 valence electrons. The number of carbonyl (C=O) groups is 2. The smallest absolute Gasteiger partial charge is 0.303 e. The maximum atomic E-state index is 11.8. The first-order valence-corrected chi connectivity index (χ1v) is 6.73. The van der Waals surface area contributed by atoms with Crippen molar-refractivity contribution < 1.29 is 14.7 Å². The van der Waals surface area contributed by atoms with Gasteiger partial charge in [-0.3, -0.25) is 9.59 Å². The van der Waals surface area contributed by atoms with Crippen molar-refractivity contribution in [1.29, 1.82) is 0 Å². The molecule has 0 spiro atoms. The third-order valence-corrected chi connectivity index (χ3v) is 2.91. The van der Waals surface area contributed by atoms with Gasteiger partial charge < -0.3 is 10.4 Å². The van der Waals surface area contributed by atoms with Crippen LogP contribution in [-0.2, 0) is 16.0 Å². The van der Waals surface area contributed by atoms with E-state index in [1.165, 1.54) is 0 Å². The third-order valence-electron chi connectivity index (χ3n) is 2.91. The number of carbonyl (C=O) groups excluding carboxylic acids is 1. The number of anilines is 1. The number of hydrogen-bond donors (Lipinski definition) is 2. The summed E-state index contributed by atoms with van der Waals surface area (Å²) in [4.78, 5) is 22.3. The summed E-state index contributed by atoms with van der Waals surface area (Å²) in [5, 5.41) is 11.6. The molecule has 0 saturated carbocycles. The molecular weight excluding hydrogens is 242 g/mol. The SMILES string of the molecule is CCCCCC(=O)Nc1ccccc1CCC(=O)O. The van der Waals surface area contributed by atoms with E-state index in [2.05, 4.69) is 12.2 Å². The van der Waals surface area contributed by atoms with Crippen LogP contribution < -0.4 is 5.32 Å². The molecule has 19 heavy (non-hydrogen) atoms. The van der Waals surface area contributed by atoms with Gasteiger partial charge in [0, 0.05) is 18.5 Å². The molecule has 0 atom stereocenters. The summed E-state index contributed by atoms with van der Waals surface area (Å²) in [5.74, 6) is -0.833. The molecule has 0 aromatic heterocycles. The van der Waals surface area contributed by atoms with E-state index in [1.807, 2.05) is 24.3 Å². The van der Waals surface area contributed by atoms with Crippen LogP contribution in [0.15, 0.2) is 24.3 Å². The van der Waals surface area contributed by atoms with Gasteiger partial charge >= 0.3 is 5.97 Å². The molecule has 0 heterocycles. The zero-order valence-corrected chi connectivity index (χ0v) is 11.3. The minimum atomic E-state index is -0.830. The van der Waals surface area contributed by atoms with Crippen molar-refractivity contribution in [2.24, 2.45) is 0 Å². The first kappa shape index (κ1) is 15.2. The molecule has 1 aromatic carbocycles. The topological polar surface area (TPSA) is 66.4 Å². The molecule has 0 aliphatic heterocycles. The first-order chi connectivity index (χ1) is 9.13. The van der Waals surface area contributed by atoms with Crippen molar-refractivity contribution in [3.05, 3.63) is 29.8 Å². The fourth-order valence-electron chi connectivity index (χ4n) is 1.85. The number of aliphatic carboxylic acids is 1. The molecule has 0 unspecified atom stereocenters. The average Bonchev–Trinajstić information content (AvgIpc) is 2.38. The number of benzene rings is 1. The van der Waals surface area contributed by atoms with Gasteiger partial charge in [-0.1, -0.05) is 38.0 Å². The summed E-state index contributed by atoms with van der Waals surface area (Å²) in [5.41, 5.74) is 1.60. The zero-order chi connectivity index (χ0) is 14.1. The molecule has 4 heteroatoms. The number of aryl methyl sites for hydroxylation is 1. The Labute approximate surface area is 113 Å². The van der Waals surface area contributed by atoms with Gasteiger partial charge in [0.2, 0.25) is 5.91 Å². The van der Waals surface area contributed by atoms with Crippen molar-refractivity contribution in [1.82, 2.24) is 0 Å². The standard InChI is InChI=1S/C15H21NO3/c1-2-3-4-9-14(17)16-13-8-6-5-7-12(13)10-11-15(18)19/h5-8H,2-4,9-11H2,1H3,(H,16,17)(H,18,19). The lowest BCUT2D eigenvalue weighted by atomic mass is 10.1. The average molecular weight is 263 g/mol. The normalized spacial score (nSPS) is 10.2. The summed E-state index contributed by atoms with van der Waals surface area (Å²) in [6.07, 6.45) is 4.04. The highest BCUT2D eigenvalue weighted by molar-refractivity contribution is 5.91. The highest BCUT2D eigenvalue weighted by Gasteiger charge is 2.07. The van der Waals surface area contributed by atoms with Gasteiger partial charge in [0.1, 0.15) is 0 Å². The zero-order valence-electron chi connectivity index (χ0n) is 11.3. The molecule has 0 aliphatic carbocycles. The lowest BCUT2D eigenvalue weighted by Crippen LogP contribution is -2.13. The van der Waals surface area contributed by atoms with E-state index in [0.29, 0.717) is 12.8 Å². The summed E-state index contributed by atoms with van der Waals surface area (Å²) in [7, 11) is 0. The monoisotopic (exact) mass is 263 g/mol. The molecule has 0 aliphatic rings. The Balaban J connectivity index is 2.56. The Morgan fingerprint density at radius 1 is 1.16 bits per heavy atom. The van der Waals surface area contributed by atoms with Gasteiger partial charge in [-0.25, -0.2) is 0 Å². The Kier molecular flexibility index (Phi) is 6.64. The largest absolute Gasteiger partial charge is 0.481 e. The quantitative estimate of drug-likeness (QED) is 0.708. The molecule has 4 nitrogen and oxygen atoms in total. The molecule has 1 aromatic rings. The van der Waals surface area contributed by atoms with Gasteiger partial charge in [0.25, 0.3) is 0 Å². The molecular formula is C15H21NO3. The van der Waals surface area contributed by atoms with Gasteiger partial charge in [0.05, 0.1) is 0 Å². The summed E-state index contributed by atoms with van der Waals surface area (Å²) in [6.45, 7) is 2.10. The van der Waals surface area contributed by atoms with Gasteiger partial charge in [0.15, 0.2) is 0 Å². The maximum absolute atomic E-state index is 11.8. The second-order valence-electron chi connectivity index (χ2n) is 4.56. The number of carboxylic acids is 1. The molecule has 1 amide bonds. The predicted molar refractivity (Wildman–Crippen MR) is 75.2 cm³/mol. The molecule has 0 fully saturated rings. The highest BCUT2D eigenvalue weighted by Crippen LogP contribution is 2.17. The van der Waals surface area contributed by atoms with E-state index in [4.69, 9.17) is 5.11 Å². The van der Waals surface area contributed by atoms with Crippen LogP contribution in [0.4, 0.5) is 5.69 Å². The van der Waals surface area contributed by atoms with E-state index in [1.54, 1.807) is 0 Å². The van der Waals surface area contributed by atoms with Crippen molar-refractivity contribution in [3.8, 4) is 0 Å². The van der Waals surface area contributed by atoms with E-state index in [0.717, 1.165) is 30.5 Å². The van der Waals surface area contributed by atoms with Crippen LogP contribution in [0.3, 0.4) is 0 Å². The highest BCUT2D eigenvalue weighted by atomic mass is 16.4. The lowest BCUT2D eigenvalue weighted by molar-refractivity contribution is -0.136. The Hall–Kier alpha value is -1.84. The van der Waals surface area contributed by atoms with Gasteiger partial charge in [-0.05, 0) is 24.5 Å². The van der Waals surface area contributed by atoms with Crippen LogP contribution in [0.5, 0.6) is 0 Å². The van der Waals surface area contributed by atoms with E-state index in [9.17, 15) is 9.59 Å². The molecule has 0 radical (unpaired) electrons. The fourth-order valence-corrected chi connectivity index (χ4v) is 1.85. The summed E-state index contributed by atoms with van der Waals surface area (Å²) < 4.78 is 0. The van der Waals surface area contributed by atoms with Crippen LogP contribution >= 0.6 is 0 Å². The van der Waals surface area contributed by atoms with E-state index in [-0.39, 0.29) is 12.3 Å². The van der Waals surface area contributed by atoms with Crippen molar-refractivity contribution >= 4 is 17.6 Å².